The molecule has 6 N–H and O–H groups in total. The highest BCUT2D eigenvalue weighted by atomic mass is 16.6. The van der Waals surface area contributed by atoms with Crippen molar-refractivity contribution in [3.05, 3.63) is 0 Å². The van der Waals surface area contributed by atoms with Gasteiger partial charge in [0.15, 0.2) is 0 Å². The van der Waals surface area contributed by atoms with Crippen LogP contribution in [0.2, 0.25) is 0 Å². The number of aliphatic hydroxyl groups excluding tert-OH is 4. The second-order valence-corrected chi connectivity index (χ2v) is 2.79. The van der Waals surface area contributed by atoms with Crippen molar-refractivity contribution in [3.63, 3.8) is 0 Å². The number of hydrogen-bond acceptors (Lipinski definition) is 6. The van der Waals surface area contributed by atoms with E-state index in [4.69, 9.17) is 25.8 Å². The molecular weight excluding hydrogens is 166 g/mol. The second-order valence-electron chi connectivity index (χ2n) is 2.79. The fraction of sp³-hybridized carbons (Fsp3) is 1.00. The highest BCUT2D eigenvalue weighted by Crippen LogP contribution is 2.17. The predicted molar refractivity (Wildman–Crippen MR) is 38.0 cm³/mol. The molecule has 0 unspecified atom stereocenters. The molecule has 0 aromatic carbocycles. The molecule has 6 heteroatoms. The van der Waals surface area contributed by atoms with Gasteiger partial charge in [-0.05, 0) is 0 Å². The van der Waals surface area contributed by atoms with Gasteiger partial charge < -0.3 is 30.9 Å². The summed E-state index contributed by atoms with van der Waals surface area (Å²) in [5, 5.41) is 36.1. The maximum atomic E-state index is 9.18. The Kier molecular flexibility index (Phi) is 2.99. The minimum Gasteiger partial charge on any atom is -0.394 e. The van der Waals surface area contributed by atoms with E-state index < -0.39 is 37.3 Å². The van der Waals surface area contributed by atoms with Crippen molar-refractivity contribution in [2.75, 3.05) is 6.61 Å². The summed E-state index contributed by atoms with van der Waals surface area (Å²) >= 11 is 0. The van der Waals surface area contributed by atoms with Gasteiger partial charge in [0.2, 0.25) is 0 Å². The number of hydrogen-bond donors (Lipinski definition) is 5. The molecule has 5 atom stereocenters. The molecule has 0 bridgehead atoms. The number of aliphatic hydroxyl groups is 4. The van der Waals surface area contributed by atoms with Crippen molar-refractivity contribution in [2.45, 2.75) is 30.6 Å². The lowest BCUT2D eigenvalue weighted by Gasteiger charge is -2.38. The first-order valence-corrected chi connectivity index (χ1v) is 3.64. The first-order chi connectivity index (χ1) is 5.57. The molecule has 0 amide bonds. The standard InChI is InChI=1S/C6H13NO5/c7-6-5(11)4(10)3(9)2(1-8)12-6/h2-6,8-11H,1,7H2/t2-,3+,4-,5-,6+/m0/s1. The lowest BCUT2D eigenvalue weighted by Crippen LogP contribution is -2.61. The molecule has 0 spiro atoms. The molecule has 72 valence electrons. The fourth-order valence-electron chi connectivity index (χ4n) is 1.13. The van der Waals surface area contributed by atoms with Crippen LogP contribution in [0.4, 0.5) is 0 Å². The lowest BCUT2D eigenvalue weighted by molar-refractivity contribution is -0.227. The van der Waals surface area contributed by atoms with Crippen LogP contribution in [-0.2, 0) is 4.74 Å². The van der Waals surface area contributed by atoms with Crippen LogP contribution in [0, 0.1) is 0 Å². The normalized spacial score (nSPS) is 49.2. The Morgan fingerprint density at radius 1 is 1.08 bits per heavy atom. The molecule has 1 rings (SSSR count). The molecule has 0 aromatic heterocycles. The summed E-state index contributed by atoms with van der Waals surface area (Å²) < 4.78 is 4.80. The van der Waals surface area contributed by atoms with Gasteiger partial charge in [-0.1, -0.05) is 0 Å². The SMILES string of the molecule is N[C@@H]1O[C@@H](CO)[C@@H](O)[C@H](O)[C@@H]1O. The smallest absolute Gasteiger partial charge is 0.135 e. The maximum absolute atomic E-state index is 9.18. The molecule has 0 aliphatic carbocycles. The van der Waals surface area contributed by atoms with Gasteiger partial charge in [0.05, 0.1) is 6.61 Å². The number of rotatable bonds is 1. The van der Waals surface area contributed by atoms with Crippen molar-refractivity contribution in [1.82, 2.24) is 0 Å². The second kappa shape index (κ2) is 3.65. The molecule has 1 saturated heterocycles. The van der Waals surface area contributed by atoms with E-state index in [0.29, 0.717) is 0 Å². The third-order valence-corrected chi connectivity index (χ3v) is 1.93. The van der Waals surface area contributed by atoms with Gasteiger partial charge in [-0.3, -0.25) is 0 Å². The van der Waals surface area contributed by atoms with Crippen LogP contribution in [0.1, 0.15) is 0 Å². The Hall–Kier alpha value is -0.240. The van der Waals surface area contributed by atoms with Gasteiger partial charge in [0, 0.05) is 0 Å². The summed E-state index contributed by atoms with van der Waals surface area (Å²) in [6.07, 6.45) is -5.99. The Balaban J connectivity index is 2.63. The van der Waals surface area contributed by atoms with Crippen LogP contribution in [0.5, 0.6) is 0 Å². The van der Waals surface area contributed by atoms with E-state index in [9.17, 15) is 5.11 Å². The molecule has 0 radical (unpaired) electrons. The zero-order chi connectivity index (χ0) is 9.30. The third-order valence-electron chi connectivity index (χ3n) is 1.93. The molecule has 1 aliphatic rings. The molecule has 1 heterocycles. The Morgan fingerprint density at radius 2 is 1.67 bits per heavy atom. The molecule has 1 fully saturated rings. The van der Waals surface area contributed by atoms with Crippen molar-refractivity contribution in [3.8, 4) is 0 Å². The van der Waals surface area contributed by atoms with E-state index in [1.807, 2.05) is 0 Å². The first kappa shape index (κ1) is 9.85. The molecular formula is C6H13NO5. The highest BCUT2D eigenvalue weighted by Gasteiger charge is 2.41. The maximum Gasteiger partial charge on any atom is 0.135 e. The van der Waals surface area contributed by atoms with Crippen LogP contribution < -0.4 is 5.73 Å². The molecule has 0 saturated carbocycles. The van der Waals surface area contributed by atoms with Crippen molar-refractivity contribution < 1.29 is 25.2 Å². The quantitative estimate of drug-likeness (QED) is 0.288. The van der Waals surface area contributed by atoms with Crippen LogP contribution in [0.15, 0.2) is 0 Å². The van der Waals surface area contributed by atoms with Gasteiger partial charge in [0.1, 0.15) is 30.6 Å². The predicted octanol–water partition coefficient (Wildman–Crippen LogP) is -3.25. The molecule has 0 aromatic rings. The van der Waals surface area contributed by atoms with Gasteiger partial charge in [-0.25, -0.2) is 0 Å². The Morgan fingerprint density at radius 3 is 2.17 bits per heavy atom. The summed E-state index contributed by atoms with van der Waals surface area (Å²) in [4.78, 5) is 0. The first-order valence-electron chi connectivity index (χ1n) is 3.64. The summed E-state index contributed by atoms with van der Waals surface area (Å²) in [6, 6.07) is 0. The lowest BCUT2D eigenvalue weighted by atomic mass is 9.99. The third kappa shape index (κ3) is 1.58. The minimum atomic E-state index is -1.37. The van der Waals surface area contributed by atoms with E-state index in [0.717, 1.165) is 0 Å². The fourth-order valence-corrected chi connectivity index (χ4v) is 1.13. The van der Waals surface area contributed by atoms with E-state index in [1.54, 1.807) is 0 Å². The summed E-state index contributed by atoms with van der Waals surface area (Å²) in [7, 11) is 0. The molecule has 6 nitrogen and oxygen atoms in total. The van der Waals surface area contributed by atoms with Crippen molar-refractivity contribution >= 4 is 0 Å². The molecule has 1 aliphatic heterocycles. The average Bonchev–Trinajstić information content (AvgIpc) is 2.08. The van der Waals surface area contributed by atoms with Crippen molar-refractivity contribution in [2.24, 2.45) is 5.73 Å². The Bertz CT molecular complexity index is 150. The van der Waals surface area contributed by atoms with Crippen LogP contribution in [-0.4, -0.2) is 57.7 Å². The zero-order valence-corrected chi connectivity index (χ0v) is 6.37. The minimum absolute atomic E-state index is 0.446. The summed E-state index contributed by atoms with van der Waals surface area (Å²) in [5.74, 6) is 0. The number of nitrogens with two attached hydrogens (primary N) is 1. The average molecular weight is 179 g/mol. The zero-order valence-electron chi connectivity index (χ0n) is 6.37. The van der Waals surface area contributed by atoms with E-state index in [-0.39, 0.29) is 0 Å². The van der Waals surface area contributed by atoms with Gasteiger partial charge >= 0.3 is 0 Å². The van der Waals surface area contributed by atoms with E-state index in [2.05, 4.69) is 0 Å². The van der Waals surface area contributed by atoms with E-state index in [1.165, 1.54) is 0 Å². The largest absolute Gasteiger partial charge is 0.394 e. The summed E-state index contributed by atoms with van der Waals surface area (Å²) in [6.45, 7) is -0.446. The van der Waals surface area contributed by atoms with Gasteiger partial charge in [-0.2, -0.15) is 0 Å². The van der Waals surface area contributed by atoms with Gasteiger partial charge in [-0.15, -0.1) is 0 Å². The highest BCUT2D eigenvalue weighted by molar-refractivity contribution is 4.89. The molecule has 12 heavy (non-hydrogen) atoms. The van der Waals surface area contributed by atoms with Crippen LogP contribution in [0.25, 0.3) is 0 Å². The van der Waals surface area contributed by atoms with Crippen LogP contribution >= 0.6 is 0 Å². The summed E-state index contributed by atoms with van der Waals surface area (Å²) in [5.41, 5.74) is 5.24. The monoisotopic (exact) mass is 179 g/mol. The van der Waals surface area contributed by atoms with E-state index >= 15 is 0 Å². The van der Waals surface area contributed by atoms with Crippen molar-refractivity contribution in [1.29, 1.82) is 0 Å². The topological polar surface area (TPSA) is 116 Å². The number of ether oxygens (including phenoxy) is 1. The van der Waals surface area contributed by atoms with Gasteiger partial charge in [0.25, 0.3) is 0 Å². The van der Waals surface area contributed by atoms with Crippen LogP contribution in [0.3, 0.4) is 0 Å². The Labute approximate surface area is 69.2 Å².